The summed E-state index contributed by atoms with van der Waals surface area (Å²) in [4.78, 5) is 16.9. The highest BCUT2D eigenvalue weighted by molar-refractivity contribution is 14.1. The van der Waals surface area contributed by atoms with Crippen molar-refractivity contribution in [2.75, 3.05) is 0 Å². The predicted molar refractivity (Wildman–Crippen MR) is 116 cm³/mol. The summed E-state index contributed by atoms with van der Waals surface area (Å²) in [6.07, 6.45) is 4.69. The Morgan fingerprint density at radius 3 is 2.59 bits per heavy atom. The van der Waals surface area contributed by atoms with Gasteiger partial charge in [-0.3, -0.25) is 9.78 Å². The van der Waals surface area contributed by atoms with Gasteiger partial charge in [-0.2, -0.15) is 8.78 Å². The van der Waals surface area contributed by atoms with Gasteiger partial charge in [0.25, 0.3) is 5.91 Å². The van der Waals surface area contributed by atoms with Crippen molar-refractivity contribution in [2.24, 2.45) is 5.92 Å². The minimum absolute atomic E-state index is 0.0101. The molecule has 0 bridgehead atoms. The number of fused-ring (bicyclic) bond motifs is 1. The molecule has 158 valence electrons. The quantitative estimate of drug-likeness (QED) is 0.517. The third kappa shape index (κ3) is 5.27. The van der Waals surface area contributed by atoms with Crippen LogP contribution < -0.4 is 10.1 Å². The van der Waals surface area contributed by atoms with Crippen molar-refractivity contribution >= 4 is 51.0 Å². The summed E-state index contributed by atoms with van der Waals surface area (Å²) in [5, 5.41) is 13.7. The van der Waals surface area contributed by atoms with E-state index in [2.05, 4.69) is 15.0 Å². The Kier molecular flexibility index (Phi) is 6.84. The number of alkyl halides is 2. The number of aliphatic hydroxyl groups is 1. The van der Waals surface area contributed by atoms with E-state index in [1.165, 1.54) is 6.20 Å². The molecule has 9 heteroatoms. The first-order chi connectivity index (χ1) is 13.6. The summed E-state index contributed by atoms with van der Waals surface area (Å²) in [6.45, 7) is 0.651. The van der Waals surface area contributed by atoms with E-state index in [4.69, 9.17) is 11.6 Å². The molecule has 2 N–H and O–H groups in total. The van der Waals surface area contributed by atoms with Crippen LogP contribution in [-0.4, -0.2) is 34.3 Å². The van der Waals surface area contributed by atoms with Gasteiger partial charge in [0, 0.05) is 17.6 Å². The van der Waals surface area contributed by atoms with Gasteiger partial charge in [0.2, 0.25) is 0 Å². The number of hydrogen-bond acceptors (Lipinski definition) is 4. The van der Waals surface area contributed by atoms with Crippen LogP contribution in [0.1, 0.15) is 49.9 Å². The fourth-order valence-electron chi connectivity index (χ4n) is 3.72. The molecule has 3 rings (SSSR count). The molecule has 1 saturated carbocycles. The van der Waals surface area contributed by atoms with E-state index >= 15 is 0 Å². The standard InChI is InChI=1S/C20H22ClF2IN2O3/c1-20(2,28)12-3-5-13(6-4-12)26-18(27)11-7-10-8-14(24)17(29-19(22)23)15(21)16(10)25-9-11/h7-9,12-13,19,28H,3-6H2,1-2H3,(H,26,27). The first-order valence-electron chi connectivity index (χ1n) is 9.32. The number of nitrogens with zero attached hydrogens (tertiary/aromatic N) is 1. The van der Waals surface area contributed by atoms with Crippen LogP contribution in [-0.2, 0) is 0 Å². The normalized spacial score (nSPS) is 20.1. The van der Waals surface area contributed by atoms with E-state index in [0.717, 1.165) is 25.7 Å². The van der Waals surface area contributed by atoms with Crippen LogP contribution in [0, 0.1) is 9.49 Å². The molecule has 0 spiro atoms. The number of halogens is 4. The molecule has 1 amide bonds. The van der Waals surface area contributed by atoms with E-state index in [-0.39, 0.29) is 28.6 Å². The van der Waals surface area contributed by atoms with Crippen LogP contribution in [0.3, 0.4) is 0 Å². The zero-order valence-corrected chi connectivity index (χ0v) is 18.9. The molecule has 29 heavy (non-hydrogen) atoms. The maximum atomic E-state index is 12.7. The zero-order valence-electron chi connectivity index (χ0n) is 16.0. The first-order valence-corrected chi connectivity index (χ1v) is 10.8. The number of carbonyl (C=O) groups excluding carboxylic acids is 1. The predicted octanol–water partition coefficient (Wildman–Crippen LogP) is 5.15. The van der Waals surface area contributed by atoms with Crippen molar-refractivity contribution in [3.63, 3.8) is 0 Å². The van der Waals surface area contributed by atoms with Gasteiger partial charge in [0.05, 0.1) is 20.3 Å². The van der Waals surface area contributed by atoms with Crippen molar-refractivity contribution in [2.45, 2.75) is 57.8 Å². The smallest absolute Gasteiger partial charge is 0.387 e. The highest BCUT2D eigenvalue weighted by Gasteiger charge is 2.32. The van der Waals surface area contributed by atoms with Crippen molar-refractivity contribution < 1.29 is 23.4 Å². The molecule has 0 unspecified atom stereocenters. The third-order valence-corrected chi connectivity index (χ3v) is 6.51. The lowest BCUT2D eigenvalue weighted by atomic mass is 9.77. The molecule has 0 atom stereocenters. The minimum atomic E-state index is -2.99. The lowest BCUT2D eigenvalue weighted by Crippen LogP contribution is -2.41. The summed E-state index contributed by atoms with van der Waals surface area (Å²) in [6, 6.07) is 3.29. The molecule has 5 nitrogen and oxygen atoms in total. The number of benzene rings is 1. The molecule has 0 saturated heterocycles. The van der Waals surface area contributed by atoms with E-state index in [1.54, 1.807) is 12.1 Å². The Bertz CT molecular complexity index is 913. The third-order valence-electron chi connectivity index (χ3n) is 5.35. The number of aromatic nitrogens is 1. The van der Waals surface area contributed by atoms with E-state index in [9.17, 15) is 18.7 Å². The molecule has 1 heterocycles. The molecule has 1 aliphatic rings. The molecule has 1 fully saturated rings. The average molecular weight is 539 g/mol. The summed E-state index contributed by atoms with van der Waals surface area (Å²) in [5.41, 5.74) is -0.0398. The fraction of sp³-hybridized carbons (Fsp3) is 0.500. The van der Waals surface area contributed by atoms with Gasteiger partial charge in [-0.25, -0.2) is 0 Å². The van der Waals surface area contributed by atoms with Gasteiger partial charge in [0.1, 0.15) is 5.02 Å². The van der Waals surface area contributed by atoms with Gasteiger partial charge in [0.15, 0.2) is 5.75 Å². The van der Waals surface area contributed by atoms with E-state index < -0.39 is 12.2 Å². The fourth-order valence-corrected chi connectivity index (χ4v) is 4.92. The Morgan fingerprint density at radius 1 is 1.34 bits per heavy atom. The minimum Gasteiger partial charge on any atom is -0.432 e. The largest absolute Gasteiger partial charge is 0.432 e. The van der Waals surface area contributed by atoms with E-state index in [1.807, 2.05) is 36.4 Å². The topological polar surface area (TPSA) is 71.5 Å². The lowest BCUT2D eigenvalue weighted by molar-refractivity contribution is -0.0502. The van der Waals surface area contributed by atoms with Gasteiger partial charge < -0.3 is 15.2 Å². The molecular weight excluding hydrogens is 517 g/mol. The lowest BCUT2D eigenvalue weighted by Gasteiger charge is -2.36. The number of amides is 1. The van der Waals surface area contributed by atoms with Crippen LogP contribution in [0.4, 0.5) is 8.78 Å². The first kappa shape index (κ1) is 22.4. The maximum absolute atomic E-state index is 12.7. The van der Waals surface area contributed by atoms with Crippen LogP contribution in [0.5, 0.6) is 5.75 Å². The SMILES string of the molecule is CC(C)(O)C1CCC(NC(=O)c2cnc3c(Cl)c(OC(F)F)c(I)cc3c2)CC1. The van der Waals surface area contributed by atoms with Crippen molar-refractivity contribution in [3.05, 3.63) is 32.5 Å². The maximum Gasteiger partial charge on any atom is 0.387 e. The molecule has 1 aromatic carbocycles. The number of nitrogens with one attached hydrogen (secondary N) is 1. The average Bonchev–Trinajstić information content (AvgIpc) is 2.64. The zero-order chi connectivity index (χ0) is 21.3. The summed E-state index contributed by atoms with van der Waals surface area (Å²) in [5.74, 6) is -0.139. The Hall–Kier alpha value is -1.26. The summed E-state index contributed by atoms with van der Waals surface area (Å²) in [7, 11) is 0. The second kappa shape index (κ2) is 8.85. The highest BCUT2D eigenvalue weighted by atomic mass is 127. The van der Waals surface area contributed by atoms with Gasteiger partial charge >= 0.3 is 6.61 Å². The Balaban J connectivity index is 1.74. The molecule has 1 aliphatic carbocycles. The van der Waals surface area contributed by atoms with Crippen LogP contribution >= 0.6 is 34.2 Å². The second-order valence-corrected chi connectivity index (χ2v) is 9.39. The Morgan fingerprint density at radius 2 is 2.00 bits per heavy atom. The number of hydrogen-bond donors (Lipinski definition) is 2. The monoisotopic (exact) mass is 538 g/mol. The number of carbonyl (C=O) groups is 1. The van der Waals surface area contributed by atoms with Crippen molar-refractivity contribution in [3.8, 4) is 5.75 Å². The number of ether oxygens (including phenoxy) is 1. The Labute approximate surface area is 186 Å². The second-order valence-electron chi connectivity index (χ2n) is 7.85. The van der Waals surface area contributed by atoms with Gasteiger partial charge in [-0.15, -0.1) is 0 Å². The van der Waals surface area contributed by atoms with Crippen LogP contribution in [0.25, 0.3) is 10.9 Å². The van der Waals surface area contributed by atoms with E-state index in [0.29, 0.717) is 20.0 Å². The molecule has 2 aromatic rings. The summed E-state index contributed by atoms with van der Waals surface area (Å²) >= 11 is 8.04. The molecule has 0 radical (unpaired) electrons. The highest BCUT2D eigenvalue weighted by Crippen LogP contribution is 2.37. The van der Waals surface area contributed by atoms with Crippen molar-refractivity contribution in [1.82, 2.24) is 10.3 Å². The van der Waals surface area contributed by atoms with Crippen LogP contribution in [0.15, 0.2) is 18.3 Å². The number of rotatable bonds is 5. The molecule has 1 aromatic heterocycles. The van der Waals surface area contributed by atoms with Crippen LogP contribution in [0.2, 0.25) is 5.02 Å². The van der Waals surface area contributed by atoms with Crippen molar-refractivity contribution in [1.29, 1.82) is 0 Å². The molecule has 0 aliphatic heterocycles. The summed E-state index contributed by atoms with van der Waals surface area (Å²) < 4.78 is 30.1. The van der Waals surface area contributed by atoms with Gasteiger partial charge in [-0.05, 0) is 80.2 Å². The molecular formula is C20H22ClF2IN2O3. The number of pyridine rings is 1. The van der Waals surface area contributed by atoms with Gasteiger partial charge in [-0.1, -0.05) is 11.6 Å².